The van der Waals surface area contributed by atoms with Crippen LogP contribution >= 0.6 is 0 Å². The van der Waals surface area contributed by atoms with E-state index in [9.17, 15) is 0 Å². The molecule has 0 atom stereocenters. The molecular weight excluding hydrogens is 242 g/mol. The van der Waals surface area contributed by atoms with Gasteiger partial charge in [0.2, 0.25) is 0 Å². The van der Waals surface area contributed by atoms with Crippen LogP contribution in [0.4, 0.5) is 0 Å². The summed E-state index contributed by atoms with van der Waals surface area (Å²) in [6.07, 6.45) is 16.9. The summed E-state index contributed by atoms with van der Waals surface area (Å²) in [6, 6.07) is 0. The molecule has 0 unspecified atom stereocenters. The van der Waals surface area contributed by atoms with Gasteiger partial charge in [0.1, 0.15) is 0 Å². The number of dihydropyridines is 1. The monoisotopic (exact) mass is 269 g/mol. The second-order valence-corrected chi connectivity index (χ2v) is 3.86. The fourth-order valence-corrected chi connectivity index (χ4v) is 1.91. The third-order valence-corrected chi connectivity index (χ3v) is 2.72. The largest absolute Gasteiger partial charge is 0.355 e. The smallest absolute Gasteiger partial charge is 0.0454 e. The second-order valence-electron chi connectivity index (χ2n) is 3.86. The van der Waals surface area contributed by atoms with Crippen molar-refractivity contribution < 1.29 is 0 Å². The lowest BCUT2D eigenvalue weighted by atomic mass is 9.99. The van der Waals surface area contributed by atoms with E-state index in [0.717, 1.165) is 18.5 Å². The molecule has 1 nitrogen and oxygen atoms in total. The summed E-state index contributed by atoms with van der Waals surface area (Å²) >= 11 is 0. The van der Waals surface area contributed by atoms with Gasteiger partial charge in [-0.05, 0) is 30.1 Å². The molecule has 2 aliphatic rings. The molecule has 1 N–H and O–H groups in total. The number of hydrogen-bond acceptors (Lipinski definition) is 1. The van der Waals surface area contributed by atoms with Crippen molar-refractivity contribution in [2.75, 3.05) is 0 Å². The van der Waals surface area contributed by atoms with Crippen molar-refractivity contribution in [3.8, 4) is 0 Å². The highest BCUT2D eigenvalue weighted by atomic mass is 14.9. The Hall–Kier alpha value is -2.02. The van der Waals surface area contributed by atoms with Crippen molar-refractivity contribution in [2.24, 2.45) is 0 Å². The lowest BCUT2D eigenvalue weighted by molar-refractivity contribution is 0.965. The second kappa shape index (κ2) is 10.9. The summed E-state index contributed by atoms with van der Waals surface area (Å²) in [7, 11) is 0. The fourth-order valence-electron chi connectivity index (χ4n) is 1.91. The predicted octanol–water partition coefficient (Wildman–Crippen LogP) is 5.59. The van der Waals surface area contributed by atoms with Crippen LogP contribution < -0.4 is 5.32 Å². The average molecular weight is 269 g/mol. The highest BCUT2D eigenvalue weighted by molar-refractivity contribution is 5.53. The molecule has 0 aromatic rings. The number of nitrogens with one attached hydrogen (secondary N) is 1. The molecule has 0 saturated heterocycles. The molecule has 0 aromatic heterocycles. The van der Waals surface area contributed by atoms with Crippen LogP contribution in [0.1, 0.15) is 33.6 Å². The van der Waals surface area contributed by atoms with Crippen molar-refractivity contribution in [3.63, 3.8) is 0 Å². The van der Waals surface area contributed by atoms with Crippen LogP contribution in [0.3, 0.4) is 0 Å². The van der Waals surface area contributed by atoms with Gasteiger partial charge in [0.25, 0.3) is 0 Å². The van der Waals surface area contributed by atoms with E-state index in [1.54, 1.807) is 0 Å². The van der Waals surface area contributed by atoms with Crippen molar-refractivity contribution in [1.29, 1.82) is 0 Å². The minimum Gasteiger partial charge on any atom is -0.355 e. The van der Waals surface area contributed by atoms with Crippen LogP contribution in [-0.4, -0.2) is 0 Å². The van der Waals surface area contributed by atoms with E-state index in [2.05, 4.69) is 68.4 Å². The Kier molecular flexibility index (Phi) is 9.76. The summed E-state index contributed by atoms with van der Waals surface area (Å²) in [4.78, 5) is 0. The molecule has 1 heterocycles. The summed E-state index contributed by atoms with van der Waals surface area (Å²) in [5.74, 6) is 0. The zero-order valence-electron chi connectivity index (χ0n) is 13.1. The van der Waals surface area contributed by atoms with E-state index in [4.69, 9.17) is 0 Å². The van der Waals surface area contributed by atoms with Crippen molar-refractivity contribution in [3.05, 3.63) is 84.8 Å². The first-order valence-corrected chi connectivity index (χ1v) is 7.24. The number of allylic oxidation sites excluding steroid dienone is 7. The molecule has 0 fully saturated rings. The van der Waals surface area contributed by atoms with E-state index in [-0.39, 0.29) is 0 Å². The van der Waals surface area contributed by atoms with Gasteiger partial charge in [0.15, 0.2) is 0 Å². The van der Waals surface area contributed by atoms with E-state index >= 15 is 0 Å². The maximum Gasteiger partial charge on any atom is 0.0454 e. The highest BCUT2D eigenvalue weighted by Crippen LogP contribution is 2.24. The summed E-state index contributed by atoms with van der Waals surface area (Å²) in [5.41, 5.74) is 4.79. The van der Waals surface area contributed by atoms with Gasteiger partial charge < -0.3 is 5.32 Å². The Morgan fingerprint density at radius 1 is 1.30 bits per heavy atom. The van der Waals surface area contributed by atoms with Crippen LogP contribution in [0, 0.1) is 0 Å². The molecule has 0 amide bonds. The van der Waals surface area contributed by atoms with Gasteiger partial charge in [0.05, 0.1) is 0 Å². The third-order valence-electron chi connectivity index (χ3n) is 2.72. The zero-order valence-corrected chi connectivity index (χ0v) is 13.1. The Morgan fingerprint density at radius 2 is 2.00 bits per heavy atom. The van der Waals surface area contributed by atoms with E-state index in [1.807, 2.05) is 19.9 Å². The van der Waals surface area contributed by atoms with Gasteiger partial charge in [-0.3, -0.25) is 0 Å². The molecule has 20 heavy (non-hydrogen) atoms. The lowest BCUT2D eigenvalue weighted by Gasteiger charge is -2.21. The Balaban J connectivity index is 0.000000829. The zero-order chi connectivity index (χ0) is 15.4. The summed E-state index contributed by atoms with van der Waals surface area (Å²) < 4.78 is 0. The number of fused-ring (bicyclic) bond motifs is 1. The molecule has 108 valence electrons. The first kappa shape index (κ1) is 18.0. The van der Waals surface area contributed by atoms with E-state index in [1.165, 1.54) is 16.8 Å². The minimum atomic E-state index is 1.01. The Bertz CT molecular complexity index is 456. The van der Waals surface area contributed by atoms with Crippen molar-refractivity contribution >= 4 is 0 Å². The first-order chi connectivity index (χ1) is 9.85. The topological polar surface area (TPSA) is 12.0 Å². The van der Waals surface area contributed by atoms with E-state index in [0.29, 0.717) is 0 Å². The maximum absolute atomic E-state index is 3.86. The fraction of sp³-hybridized carbons (Fsp3) is 0.263. The van der Waals surface area contributed by atoms with Gasteiger partial charge in [-0.1, -0.05) is 63.8 Å². The van der Waals surface area contributed by atoms with Crippen LogP contribution in [0.15, 0.2) is 84.8 Å². The van der Waals surface area contributed by atoms with E-state index < -0.39 is 0 Å². The minimum absolute atomic E-state index is 1.01. The standard InChI is InChI=1S/C15H17N.C2H6.C2H4/c1-3-7-12(4-2)15-11-10-13-8-5-6-9-14(13)16-15;2*1-2/h4-5,7-11,16H,2-3,6H2,1H3;1-2H3;1-2H2/b12-7+;;. The molecule has 1 aliphatic heterocycles. The van der Waals surface area contributed by atoms with Gasteiger partial charge >= 0.3 is 0 Å². The number of rotatable bonds is 3. The lowest BCUT2D eigenvalue weighted by Crippen LogP contribution is -2.19. The van der Waals surface area contributed by atoms with Gasteiger partial charge in [0, 0.05) is 11.4 Å². The average Bonchev–Trinajstić information content (AvgIpc) is 2.56. The molecule has 1 aliphatic carbocycles. The van der Waals surface area contributed by atoms with Crippen LogP contribution in [0.5, 0.6) is 0 Å². The molecule has 1 heteroatoms. The molecule has 0 bridgehead atoms. The summed E-state index contributed by atoms with van der Waals surface area (Å²) in [5, 5.41) is 3.45. The molecule has 0 saturated carbocycles. The van der Waals surface area contributed by atoms with Gasteiger partial charge in [-0.25, -0.2) is 0 Å². The van der Waals surface area contributed by atoms with Crippen LogP contribution in [0.25, 0.3) is 0 Å². The Morgan fingerprint density at radius 3 is 2.60 bits per heavy atom. The molecule has 0 spiro atoms. The van der Waals surface area contributed by atoms with Crippen LogP contribution in [0.2, 0.25) is 0 Å². The third kappa shape index (κ3) is 4.93. The summed E-state index contributed by atoms with van der Waals surface area (Å²) in [6.45, 7) is 16.0. The number of hydrogen-bond donors (Lipinski definition) is 1. The van der Waals surface area contributed by atoms with Gasteiger partial charge in [-0.2, -0.15) is 0 Å². The first-order valence-electron chi connectivity index (χ1n) is 7.24. The SMILES string of the molecule is C=C.C=C/C(=C\CC)C1=CC=C2C=CCC=C2N1.CC. The van der Waals surface area contributed by atoms with Crippen LogP contribution in [-0.2, 0) is 0 Å². The quantitative estimate of drug-likeness (QED) is 0.520. The normalized spacial score (nSPS) is 15.8. The van der Waals surface area contributed by atoms with Crippen molar-refractivity contribution in [1.82, 2.24) is 5.32 Å². The molecule has 2 rings (SSSR count). The molecular formula is C19H27N. The maximum atomic E-state index is 3.86. The van der Waals surface area contributed by atoms with Crippen molar-refractivity contribution in [2.45, 2.75) is 33.6 Å². The molecule has 0 radical (unpaired) electrons. The predicted molar refractivity (Wildman–Crippen MR) is 92.3 cm³/mol. The highest BCUT2D eigenvalue weighted by Gasteiger charge is 2.12. The molecule has 0 aromatic carbocycles. The van der Waals surface area contributed by atoms with Gasteiger partial charge in [-0.15, -0.1) is 13.2 Å². The Labute approximate surface area is 124 Å².